The second-order valence-electron chi connectivity index (χ2n) is 7.74. The van der Waals surface area contributed by atoms with Gasteiger partial charge in [0, 0.05) is 21.6 Å². The smallest absolute Gasteiger partial charge is 0.466 e. The number of esters is 1. The van der Waals surface area contributed by atoms with Gasteiger partial charge in [-0.1, -0.05) is 24.2 Å². The minimum Gasteiger partial charge on any atom is -0.466 e. The summed E-state index contributed by atoms with van der Waals surface area (Å²) >= 11 is 0. The van der Waals surface area contributed by atoms with Crippen LogP contribution in [0.2, 0.25) is 19.1 Å². The third-order valence-electron chi connectivity index (χ3n) is 4.94. The number of rotatable bonds is 6. The topological polar surface area (TPSA) is 99.2 Å². The predicted octanol–water partition coefficient (Wildman–Crippen LogP) is 3.01. The molecule has 0 aromatic heterocycles. The Labute approximate surface area is 166 Å². The number of allylic oxidation sites excluding steroid dienone is 1. The van der Waals surface area contributed by atoms with E-state index < -0.39 is 38.3 Å². The van der Waals surface area contributed by atoms with Gasteiger partial charge in [-0.05, 0) is 44.7 Å². The fourth-order valence-corrected chi connectivity index (χ4v) is 3.54. The predicted molar refractivity (Wildman–Crippen MR) is 101 cm³/mol. The summed E-state index contributed by atoms with van der Waals surface area (Å²) in [7, 11) is -0.444. The fourth-order valence-electron chi connectivity index (χ4n) is 3.03. The molecule has 9 heteroatoms. The lowest BCUT2D eigenvalue weighted by Crippen LogP contribution is -2.35. The van der Waals surface area contributed by atoms with E-state index in [0.29, 0.717) is 37.4 Å². The summed E-state index contributed by atoms with van der Waals surface area (Å²) in [5.41, 5.74) is -0.647. The van der Waals surface area contributed by atoms with Crippen LogP contribution >= 0.6 is 0 Å². The Hall–Kier alpha value is -2.16. The molecule has 155 valence electrons. The minimum atomic E-state index is -1.11. The van der Waals surface area contributed by atoms with Crippen LogP contribution in [-0.4, -0.2) is 50.5 Å². The third kappa shape index (κ3) is 6.18. The molecule has 0 aromatic rings. The SMILES string of the molecule is C[Si](C)CCOC(=O)C1(C)CC/C=C/[C@H](OC(=O)ON2C(=O)CCC2=O)CC1. The zero-order valence-corrected chi connectivity index (χ0v) is 17.7. The Morgan fingerprint density at radius 3 is 2.54 bits per heavy atom. The van der Waals surface area contributed by atoms with Gasteiger partial charge < -0.3 is 9.47 Å². The van der Waals surface area contributed by atoms with Crippen LogP contribution in [0.4, 0.5) is 4.79 Å². The molecule has 0 bridgehead atoms. The lowest BCUT2D eigenvalue weighted by molar-refractivity contribution is -0.178. The van der Waals surface area contributed by atoms with Crippen molar-refractivity contribution in [3.8, 4) is 0 Å². The lowest BCUT2D eigenvalue weighted by atomic mass is 9.79. The van der Waals surface area contributed by atoms with E-state index in [2.05, 4.69) is 13.1 Å². The number of amides is 2. The zero-order valence-electron chi connectivity index (χ0n) is 16.7. The van der Waals surface area contributed by atoms with Gasteiger partial charge in [0.2, 0.25) is 0 Å². The zero-order chi connectivity index (χ0) is 20.7. The molecule has 1 radical (unpaired) electrons. The summed E-state index contributed by atoms with van der Waals surface area (Å²) in [5, 5.41) is 0.452. The van der Waals surface area contributed by atoms with Crippen molar-refractivity contribution in [1.29, 1.82) is 0 Å². The molecule has 0 N–H and O–H groups in total. The second kappa shape index (κ2) is 9.86. The average Bonchev–Trinajstić information content (AvgIpc) is 2.92. The Morgan fingerprint density at radius 2 is 1.89 bits per heavy atom. The van der Waals surface area contributed by atoms with Gasteiger partial charge in [-0.3, -0.25) is 19.2 Å². The van der Waals surface area contributed by atoms with E-state index in [-0.39, 0.29) is 18.8 Å². The van der Waals surface area contributed by atoms with Gasteiger partial charge in [-0.15, -0.1) is 0 Å². The Bertz CT molecular complexity index is 632. The first-order valence-corrected chi connectivity index (χ1v) is 12.3. The van der Waals surface area contributed by atoms with E-state index in [0.717, 1.165) is 6.04 Å². The standard InChI is InChI=1S/C19H28NO7Si/c1-19(17(23)25-12-13-28(2)3)10-5-4-6-14(9-11-19)26-18(24)27-20-15(21)7-8-16(20)22/h4,6,14H,5,7-13H2,1-3H3/b6-4+/t14-,19?/m0/s1. The molecule has 0 saturated carbocycles. The fraction of sp³-hybridized carbons (Fsp3) is 0.684. The number of carbonyl (C=O) groups excluding carboxylic acids is 4. The van der Waals surface area contributed by atoms with Gasteiger partial charge in [0.05, 0.1) is 12.0 Å². The number of imide groups is 1. The van der Waals surface area contributed by atoms with E-state index in [1.54, 1.807) is 6.08 Å². The van der Waals surface area contributed by atoms with Crippen molar-refractivity contribution in [3.63, 3.8) is 0 Å². The molecule has 0 aromatic carbocycles. The number of hydrogen-bond donors (Lipinski definition) is 0. The monoisotopic (exact) mass is 410 g/mol. The van der Waals surface area contributed by atoms with Crippen molar-refractivity contribution < 1.29 is 33.5 Å². The van der Waals surface area contributed by atoms with Crippen molar-refractivity contribution >= 4 is 32.7 Å². The van der Waals surface area contributed by atoms with Crippen molar-refractivity contribution in [3.05, 3.63) is 12.2 Å². The van der Waals surface area contributed by atoms with E-state index in [1.807, 2.05) is 13.0 Å². The van der Waals surface area contributed by atoms with E-state index in [1.165, 1.54) is 0 Å². The first kappa shape index (κ1) is 22.1. The number of hydroxylamine groups is 2. The Kier molecular flexibility index (Phi) is 7.79. The summed E-state index contributed by atoms with van der Waals surface area (Å²) in [5.74, 6) is -1.34. The number of hydrogen-bond acceptors (Lipinski definition) is 7. The van der Waals surface area contributed by atoms with Gasteiger partial charge in [-0.2, -0.15) is 0 Å². The van der Waals surface area contributed by atoms with Crippen LogP contribution in [0.1, 0.15) is 45.4 Å². The second-order valence-corrected chi connectivity index (χ2v) is 10.7. The Balaban J connectivity index is 1.88. The van der Waals surface area contributed by atoms with E-state index in [4.69, 9.17) is 14.3 Å². The van der Waals surface area contributed by atoms with Crippen LogP contribution in [0.3, 0.4) is 0 Å². The Morgan fingerprint density at radius 1 is 1.21 bits per heavy atom. The maximum Gasteiger partial charge on any atom is 0.534 e. The van der Waals surface area contributed by atoms with Crippen molar-refractivity contribution in [2.24, 2.45) is 5.41 Å². The molecule has 1 aliphatic carbocycles. The van der Waals surface area contributed by atoms with Crippen LogP contribution in [0.25, 0.3) is 0 Å². The molecule has 1 unspecified atom stereocenters. The summed E-state index contributed by atoms with van der Waals surface area (Å²) in [4.78, 5) is 52.2. The number of carbonyl (C=O) groups is 4. The normalized spacial score (nSPS) is 26.6. The molecule has 1 aliphatic heterocycles. The lowest BCUT2D eigenvalue weighted by Gasteiger charge is -2.30. The maximum atomic E-state index is 12.5. The van der Waals surface area contributed by atoms with Crippen LogP contribution < -0.4 is 0 Å². The van der Waals surface area contributed by atoms with Gasteiger partial charge in [0.1, 0.15) is 6.10 Å². The van der Waals surface area contributed by atoms with Gasteiger partial charge in [0.15, 0.2) is 0 Å². The highest BCUT2D eigenvalue weighted by Crippen LogP contribution is 2.34. The average molecular weight is 411 g/mol. The van der Waals surface area contributed by atoms with Crippen molar-refractivity contribution in [2.75, 3.05) is 6.61 Å². The number of ether oxygens (including phenoxy) is 2. The quantitative estimate of drug-likeness (QED) is 0.287. The number of nitrogens with zero attached hydrogens (tertiary/aromatic N) is 1. The highest BCUT2D eigenvalue weighted by atomic mass is 28.3. The van der Waals surface area contributed by atoms with Gasteiger partial charge in [-0.25, -0.2) is 4.79 Å². The molecular weight excluding hydrogens is 382 g/mol. The van der Waals surface area contributed by atoms with Crippen LogP contribution in [0, 0.1) is 5.41 Å². The maximum absolute atomic E-state index is 12.5. The van der Waals surface area contributed by atoms with Crippen LogP contribution in [0.5, 0.6) is 0 Å². The van der Waals surface area contributed by atoms with Crippen molar-refractivity contribution in [1.82, 2.24) is 5.06 Å². The van der Waals surface area contributed by atoms with E-state index >= 15 is 0 Å². The highest BCUT2D eigenvalue weighted by Gasteiger charge is 2.37. The molecule has 2 aliphatic rings. The molecule has 2 atom stereocenters. The highest BCUT2D eigenvalue weighted by molar-refractivity contribution is 6.55. The summed E-state index contributed by atoms with van der Waals surface area (Å²) in [6.45, 7) is 6.65. The van der Waals surface area contributed by atoms with Crippen LogP contribution in [0.15, 0.2) is 12.2 Å². The molecule has 2 amide bonds. The molecule has 2 rings (SSSR count). The molecule has 0 spiro atoms. The first-order valence-electron chi connectivity index (χ1n) is 9.58. The van der Waals surface area contributed by atoms with Gasteiger partial charge in [0.25, 0.3) is 11.8 Å². The summed E-state index contributed by atoms with van der Waals surface area (Å²) in [6.07, 6.45) is 4.14. The largest absolute Gasteiger partial charge is 0.534 e. The summed E-state index contributed by atoms with van der Waals surface area (Å²) in [6, 6.07) is 0.915. The molecule has 1 fully saturated rings. The van der Waals surface area contributed by atoms with Gasteiger partial charge >= 0.3 is 12.1 Å². The van der Waals surface area contributed by atoms with Crippen LogP contribution in [-0.2, 0) is 28.7 Å². The molecule has 8 nitrogen and oxygen atoms in total. The minimum absolute atomic E-state index is 0.0224. The van der Waals surface area contributed by atoms with E-state index in [9.17, 15) is 19.2 Å². The molecule has 1 heterocycles. The third-order valence-corrected chi connectivity index (χ3v) is 6.15. The molecule has 1 saturated heterocycles. The van der Waals surface area contributed by atoms with Crippen molar-refractivity contribution in [2.45, 2.75) is 70.7 Å². The molecule has 28 heavy (non-hydrogen) atoms. The molecular formula is C19H28NO7Si. The summed E-state index contributed by atoms with van der Waals surface area (Å²) < 4.78 is 10.7. The first-order chi connectivity index (χ1) is 13.2.